The molecule has 0 N–H and O–H groups in total. The van der Waals surface area contributed by atoms with Gasteiger partial charge in [-0.1, -0.05) is 188 Å². The van der Waals surface area contributed by atoms with Crippen molar-refractivity contribution in [1.82, 2.24) is 0 Å². The zero-order chi connectivity index (χ0) is 31.9. The molecule has 0 amide bonds. The molecule has 0 aliphatic rings. The van der Waals surface area contributed by atoms with E-state index in [1.54, 1.807) is 0 Å². The Hall–Kier alpha value is -6.24. The van der Waals surface area contributed by atoms with Gasteiger partial charge in [0.25, 0.3) is 0 Å². The average Bonchev–Trinajstić information content (AvgIpc) is 3.17. The van der Waals surface area contributed by atoms with Gasteiger partial charge in [0.05, 0.1) is 0 Å². The fourth-order valence-corrected chi connectivity index (χ4v) is 7.47. The van der Waals surface area contributed by atoms with E-state index in [0.29, 0.717) is 0 Å². The second-order valence-corrected chi connectivity index (χ2v) is 12.4. The molecule has 9 rings (SSSR count). The van der Waals surface area contributed by atoms with Gasteiger partial charge in [0, 0.05) is 0 Å². The summed E-state index contributed by atoms with van der Waals surface area (Å²) in [6, 6.07) is 70.7. The van der Waals surface area contributed by atoms with E-state index in [-0.39, 0.29) is 0 Å². The molecule has 0 unspecified atom stereocenters. The summed E-state index contributed by atoms with van der Waals surface area (Å²) in [6.45, 7) is 0. The number of fused-ring (bicyclic) bond motifs is 3. The van der Waals surface area contributed by atoms with Crippen LogP contribution in [0.3, 0.4) is 0 Å². The molecule has 0 spiro atoms. The number of rotatable bonds is 5. The third-order valence-corrected chi connectivity index (χ3v) is 9.68. The topological polar surface area (TPSA) is 0 Å². The summed E-state index contributed by atoms with van der Waals surface area (Å²) < 4.78 is 0. The molecule has 0 radical (unpaired) electrons. The van der Waals surface area contributed by atoms with Crippen molar-refractivity contribution < 1.29 is 0 Å². The minimum absolute atomic E-state index is 1.21. The largest absolute Gasteiger partial charge is 0.0622 e. The van der Waals surface area contributed by atoms with Gasteiger partial charge < -0.3 is 0 Å². The Kier molecular flexibility index (Phi) is 6.91. The second kappa shape index (κ2) is 11.8. The van der Waals surface area contributed by atoms with Crippen LogP contribution in [0.1, 0.15) is 0 Å². The van der Waals surface area contributed by atoms with Crippen molar-refractivity contribution in [1.29, 1.82) is 0 Å². The molecule has 0 saturated heterocycles. The fraction of sp³-hybridized carbons (Fsp3) is 0. The Morgan fingerprint density at radius 1 is 0.208 bits per heavy atom. The maximum absolute atomic E-state index is 2.40. The minimum atomic E-state index is 1.21. The zero-order valence-electron chi connectivity index (χ0n) is 26.5. The van der Waals surface area contributed by atoms with E-state index in [0.717, 1.165) is 0 Å². The van der Waals surface area contributed by atoms with E-state index >= 15 is 0 Å². The van der Waals surface area contributed by atoms with Crippen LogP contribution in [0.25, 0.3) is 88.0 Å². The third-order valence-electron chi connectivity index (χ3n) is 9.68. The zero-order valence-corrected chi connectivity index (χ0v) is 26.5. The van der Waals surface area contributed by atoms with Crippen molar-refractivity contribution in [3.8, 4) is 55.6 Å². The standard InChI is InChI=1S/C48H32/c1-3-14-34(15-4-1)46-32-38(30-31-41(46)36-28-26-35(27-29-36)40-25-13-19-33-16-7-8-20-39(33)40)48-44-23-11-9-21-42(44)47(37-17-5-2-6-18-37)43-22-10-12-24-45(43)48/h1-32H. The predicted octanol–water partition coefficient (Wildman–Crippen LogP) is 13.5. The molecule has 0 atom stereocenters. The molecule has 0 heterocycles. The van der Waals surface area contributed by atoms with Crippen molar-refractivity contribution in [2.45, 2.75) is 0 Å². The lowest BCUT2D eigenvalue weighted by atomic mass is 9.84. The molecule has 0 bridgehead atoms. The molecule has 9 aromatic rings. The first-order valence-corrected chi connectivity index (χ1v) is 16.6. The first-order chi connectivity index (χ1) is 23.8. The van der Waals surface area contributed by atoms with Crippen molar-refractivity contribution in [3.63, 3.8) is 0 Å². The van der Waals surface area contributed by atoms with E-state index in [1.807, 2.05) is 0 Å². The van der Waals surface area contributed by atoms with Crippen molar-refractivity contribution >= 4 is 32.3 Å². The van der Waals surface area contributed by atoms with E-state index < -0.39 is 0 Å². The molecular weight excluding hydrogens is 577 g/mol. The van der Waals surface area contributed by atoms with Crippen LogP contribution >= 0.6 is 0 Å². The van der Waals surface area contributed by atoms with Crippen LogP contribution in [0.4, 0.5) is 0 Å². The highest BCUT2D eigenvalue weighted by atomic mass is 14.2. The SMILES string of the molecule is c1ccc(-c2cc(-c3c4ccccc4c(-c4ccccc4)c4ccccc34)ccc2-c2ccc(-c3cccc4ccccc34)cc2)cc1. The highest BCUT2D eigenvalue weighted by Gasteiger charge is 2.18. The van der Waals surface area contributed by atoms with Crippen LogP contribution in [-0.2, 0) is 0 Å². The van der Waals surface area contributed by atoms with Gasteiger partial charge in [-0.15, -0.1) is 0 Å². The maximum Gasteiger partial charge on any atom is -0.00261 e. The van der Waals surface area contributed by atoms with Crippen LogP contribution in [0, 0.1) is 0 Å². The fourth-order valence-electron chi connectivity index (χ4n) is 7.47. The minimum Gasteiger partial charge on any atom is -0.0622 e. The van der Waals surface area contributed by atoms with Gasteiger partial charge in [0.2, 0.25) is 0 Å². The Labute approximate surface area is 281 Å². The molecule has 224 valence electrons. The Balaban J connectivity index is 1.24. The van der Waals surface area contributed by atoms with Gasteiger partial charge in [-0.2, -0.15) is 0 Å². The molecule has 0 fully saturated rings. The summed E-state index contributed by atoms with van der Waals surface area (Å²) in [5.41, 5.74) is 12.4. The van der Waals surface area contributed by atoms with Gasteiger partial charge in [-0.25, -0.2) is 0 Å². The lowest BCUT2D eigenvalue weighted by Gasteiger charge is -2.19. The normalized spacial score (nSPS) is 11.3. The summed E-state index contributed by atoms with van der Waals surface area (Å²) in [7, 11) is 0. The molecule has 0 nitrogen and oxygen atoms in total. The summed E-state index contributed by atoms with van der Waals surface area (Å²) in [5.74, 6) is 0. The van der Waals surface area contributed by atoms with Crippen LogP contribution in [0.15, 0.2) is 194 Å². The third kappa shape index (κ3) is 4.78. The lowest BCUT2D eigenvalue weighted by Crippen LogP contribution is -1.92. The molecule has 0 heteroatoms. The summed E-state index contributed by atoms with van der Waals surface area (Å²) in [6.07, 6.45) is 0. The maximum atomic E-state index is 2.40. The van der Waals surface area contributed by atoms with Crippen LogP contribution < -0.4 is 0 Å². The summed E-state index contributed by atoms with van der Waals surface area (Å²) in [4.78, 5) is 0. The number of benzene rings is 9. The number of hydrogen-bond donors (Lipinski definition) is 0. The van der Waals surface area contributed by atoms with Crippen LogP contribution in [-0.4, -0.2) is 0 Å². The molecular formula is C48H32. The number of hydrogen-bond acceptors (Lipinski definition) is 0. The monoisotopic (exact) mass is 608 g/mol. The molecule has 0 aliphatic heterocycles. The molecule has 9 aromatic carbocycles. The summed E-state index contributed by atoms with van der Waals surface area (Å²) >= 11 is 0. The Bertz CT molecular complexity index is 2510. The smallest absolute Gasteiger partial charge is 0.00261 e. The molecule has 0 aromatic heterocycles. The highest BCUT2D eigenvalue weighted by Crippen LogP contribution is 2.45. The van der Waals surface area contributed by atoms with Crippen LogP contribution in [0.2, 0.25) is 0 Å². The molecule has 0 saturated carbocycles. The van der Waals surface area contributed by atoms with Gasteiger partial charge in [-0.05, 0) is 94.0 Å². The van der Waals surface area contributed by atoms with E-state index in [4.69, 9.17) is 0 Å². The first-order valence-electron chi connectivity index (χ1n) is 16.6. The molecule has 0 aliphatic carbocycles. The van der Waals surface area contributed by atoms with Gasteiger partial charge >= 0.3 is 0 Å². The lowest BCUT2D eigenvalue weighted by molar-refractivity contribution is 1.57. The average molecular weight is 609 g/mol. The van der Waals surface area contributed by atoms with Crippen LogP contribution in [0.5, 0.6) is 0 Å². The van der Waals surface area contributed by atoms with Gasteiger partial charge in [0.1, 0.15) is 0 Å². The molecule has 48 heavy (non-hydrogen) atoms. The first kappa shape index (κ1) is 28.0. The van der Waals surface area contributed by atoms with Crippen molar-refractivity contribution in [3.05, 3.63) is 194 Å². The van der Waals surface area contributed by atoms with Gasteiger partial charge in [-0.3, -0.25) is 0 Å². The van der Waals surface area contributed by atoms with Crippen molar-refractivity contribution in [2.24, 2.45) is 0 Å². The predicted molar refractivity (Wildman–Crippen MR) is 206 cm³/mol. The van der Waals surface area contributed by atoms with E-state index in [2.05, 4.69) is 194 Å². The van der Waals surface area contributed by atoms with Crippen molar-refractivity contribution in [2.75, 3.05) is 0 Å². The second-order valence-electron chi connectivity index (χ2n) is 12.4. The van der Waals surface area contributed by atoms with E-state index in [9.17, 15) is 0 Å². The Morgan fingerprint density at radius 2 is 0.625 bits per heavy atom. The summed E-state index contributed by atoms with van der Waals surface area (Å²) in [5, 5.41) is 7.61. The van der Waals surface area contributed by atoms with Gasteiger partial charge in [0.15, 0.2) is 0 Å². The van der Waals surface area contributed by atoms with E-state index in [1.165, 1.54) is 88.0 Å². The quantitative estimate of drug-likeness (QED) is 0.171. The Morgan fingerprint density at radius 3 is 1.23 bits per heavy atom. The highest BCUT2D eigenvalue weighted by molar-refractivity contribution is 6.21.